The van der Waals surface area contributed by atoms with E-state index >= 15 is 0 Å². The number of ether oxygens (including phenoxy) is 2. The van der Waals surface area contributed by atoms with E-state index in [2.05, 4.69) is 20.8 Å². The normalized spacial score (nSPS) is 12.6. The Balaban J connectivity index is 0. The molecule has 0 atom stereocenters. The fourth-order valence-electron chi connectivity index (χ4n) is 0.864. The van der Waals surface area contributed by atoms with Crippen LogP contribution in [0.4, 0.5) is 0 Å². The van der Waals surface area contributed by atoms with Crippen LogP contribution < -0.4 is 0 Å². The summed E-state index contributed by atoms with van der Waals surface area (Å²) >= 11 is 0. The van der Waals surface area contributed by atoms with Crippen molar-refractivity contribution in [1.29, 1.82) is 0 Å². The van der Waals surface area contributed by atoms with E-state index in [1.807, 2.05) is 41.5 Å². The molecule has 0 aromatic rings. The quantitative estimate of drug-likeness (QED) is 0.667. The highest BCUT2D eigenvalue weighted by atomic mass is 16.6. The number of carbonyl (C=O) groups excluding carboxylic acids is 1. The van der Waals surface area contributed by atoms with Gasteiger partial charge in [0.15, 0.2) is 0 Å². The van der Waals surface area contributed by atoms with Gasteiger partial charge in [-0.3, -0.25) is 4.79 Å². The maximum Gasteiger partial charge on any atom is 0.311 e. The number of hydrogen-bond acceptors (Lipinski definition) is 3. The molecule has 0 spiro atoms. The first-order valence-corrected chi connectivity index (χ1v) is 6.41. The van der Waals surface area contributed by atoms with Crippen LogP contribution in [0.3, 0.4) is 0 Å². The van der Waals surface area contributed by atoms with E-state index in [0.29, 0.717) is 5.41 Å². The number of esters is 1. The number of hydrogen-bond donors (Lipinski definition) is 0. The molecule has 0 radical (unpaired) electrons. The molecule has 18 heavy (non-hydrogen) atoms. The third-order valence-corrected chi connectivity index (χ3v) is 1.59. The topological polar surface area (TPSA) is 35.5 Å². The number of rotatable bonds is 1. The SMILES string of the molecule is CC(C)(C)OC(=O)C(C)(C)C.COCC(C)(C)C. The summed E-state index contributed by atoms with van der Waals surface area (Å²) in [6, 6.07) is 0. The van der Waals surface area contributed by atoms with Gasteiger partial charge < -0.3 is 9.47 Å². The molecule has 0 aromatic heterocycles. The van der Waals surface area contributed by atoms with Crippen molar-refractivity contribution in [3.8, 4) is 0 Å². The summed E-state index contributed by atoms with van der Waals surface area (Å²) in [5.41, 5.74) is -0.438. The van der Waals surface area contributed by atoms with Crippen molar-refractivity contribution < 1.29 is 14.3 Å². The Bertz CT molecular complexity index is 236. The maximum absolute atomic E-state index is 11.3. The molecule has 0 aromatic carbocycles. The van der Waals surface area contributed by atoms with Crippen LogP contribution in [-0.4, -0.2) is 25.3 Å². The molecule has 0 aliphatic carbocycles. The number of methoxy groups -OCH3 is 1. The average Bonchev–Trinajstić information content (AvgIpc) is 1.96. The van der Waals surface area contributed by atoms with Crippen molar-refractivity contribution in [3.05, 3.63) is 0 Å². The molecule has 0 bridgehead atoms. The lowest BCUT2D eigenvalue weighted by Crippen LogP contribution is -2.31. The van der Waals surface area contributed by atoms with Gasteiger partial charge >= 0.3 is 5.97 Å². The standard InChI is InChI=1S/C9H18O2.C6H14O/c1-8(2,3)7(10)11-9(4,5)6;1-6(2,3)5-7-4/h1-6H3;5H2,1-4H3. The Morgan fingerprint density at radius 2 is 1.28 bits per heavy atom. The monoisotopic (exact) mass is 260 g/mol. The second kappa shape index (κ2) is 7.13. The van der Waals surface area contributed by atoms with Crippen LogP contribution in [-0.2, 0) is 14.3 Å². The Labute approximate surface area is 113 Å². The van der Waals surface area contributed by atoms with Gasteiger partial charge in [-0.15, -0.1) is 0 Å². The molecule has 0 heterocycles. The van der Waals surface area contributed by atoms with Gasteiger partial charge in [0.2, 0.25) is 0 Å². The second-order valence-corrected chi connectivity index (χ2v) is 7.75. The fraction of sp³-hybridized carbons (Fsp3) is 0.933. The molecule has 110 valence electrons. The molecule has 0 aliphatic heterocycles. The summed E-state index contributed by atoms with van der Waals surface area (Å²) < 4.78 is 10.1. The van der Waals surface area contributed by atoms with Crippen molar-refractivity contribution in [1.82, 2.24) is 0 Å². The minimum absolute atomic E-state index is 0.148. The lowest BCUT2D eigenvalue weighted by Gasteiger charge is -2.25. The predicted molar refractivity (Wildman–Crippen MR) is 76.6 cm³/mol. The minimum atomic E-state index is -0.396. The van der Waals surface area contributed by atoms with Crippen molar-refractivity contribution in [2.24, 2.45) is 10.8 Å². The van der Waals surface area contributed by atoms with Gasteiger partial charge in [-0.2, -0.15) is 0 Å². The Morgan fingerprint density at radius 1 is 0.889 bits per heavy atom. The van der Waals surface area contributed by atoms with E-state index in [-0.39, 0.29) is 11.6 Å². The molecule has 0 fully saturated rings. The summed E-state index contributed by atoms with van der Waals surface area (Å²) in [4.78, 5) is 11.3. The van der Waals surface area contributed by atoms with E-state index in [9.17, 15) is 4.79 Å². The summed E-state index contributed by atoms with van der Waals surface area (Å²) in [5, 5.41) is 0. The molecular formula is C15H32O3. The van der Waals surface area contributed by atoms with Gasteiger partial charge in [-0.05, 0) is 47.0 Å². The van der Waals surface area contributed by atoms with E-state index in [0.717, 1.165) is 6.61 Å². The van der Waals surface area contributed by atoms with Gasteiger partial charge in [0.1, 0.15) is 5.60 Å². The first kappa shape index (κ1) is 19.8. The lowest BCUT2D eigenvalue weighted by molar-refractivity contribution is -0.164. The first-order valence-electron chi connectivity index (χ1n) is 6.41. The third kappa shape index (κ3) is 15.4. The Kier molecular flexibility index (Phi) is 7.82. The van der Waals surface area contributed by atoms with Crippen LogP contribution in [0.25, 0.3) is 0 Å². The van der Waals surface area contributed by atoms with Crippen LogP contribution in [0.5, 0.6) is 0 Å². The van der Waals surface area contributed by atoms with E-state index < -0.39 is 5.41 Å². The maximum atomic E-state index is 11.3. The van der Waals surface area contributed by atoms with Crippen molar-refractivity contribution in [3.63, 3.8) is 0 Å². The summed E-state index contributed by atoms with van der Waals surface area (Å²) in [5.74, 6) is -0.148. The van der Waals surface area contributed by atoms with Crippen molar-refractivity contribution in [2.75, 3.05) is 13.7 Å². The van der Waals surface area contributed by atoms with Crippen LogP contribution in [0.2, 0.25) is 0 Å². The third-order valence-electron chi connectivity index (χ3n) is 1.59. The minimum Gasteiger partial charge on any atom is -0.460 e. The van der Waals surface area contributed by atoms with Crippen molar-refractivity contribution >= 4 is 5.97 Å². The predicted octanol–water partition coefficient (Wildman–Crippen LogP) is 4.05. The first-order chi connectivity index (χ1) is 7.69. The summed E-state index contributed by atoms with van der Waals surface area (Å²) in [6.07, 6.45) is 0. The molecule has 0 aliphatic rings. The average molecular weight is 260 g/mol. The van der Waals surface area contributed by atoms with E-state index in [4.69, 9.17) is 9.47 Å². The zero-order valence-corrected chi connectivity index (χ0v) is 13.9. The highest BCUT2D eigenvalue weighted by molar-refractivity contribution is 5.75. The lowest BCUT2D eigenvalue weighted by atomic mass is 9.97. The van der Waals surface area contributed by atoms with E-state index in [1.54, 1.807) is 7.11 Å². The smallest absolute Gasteiger partial charge is 0.311 e. The van der Waals surface area contributed by atoms with Crippen LogP contribution in [0.1, 0.15) is 62.3 Å². The molecule has 3 nitrogen and oxygen atoms in total. The van der Waals surface area contributed by atoms with Gasteiger partial charge in [-0.25, -0.2) is 0 Å². The molecule has 0 rings (SSSR count). The highest BCUT2D eigenvalue weighted by Crippen LogP contribution is 2.19. The summed E-state index contributed by atoms with van der Waals surface area (Å²) in [6.45, 7) is 18.4. The van der Waals surface area contributed by atoms with Gasteiger partial charge in [0.05, 0.1) is 12.0 Å². The fourth-order valence-corrected chi connectivity index (χ4v) is 0.864. The van der Waals surface area contributed by atoms with Crippen molar-refractivity contribution in [2.45, 2.75) is 67.9 Å². The van der Waals surface area contributed by atoms with Gasteiger partial charge in [-0.1, -0.05) is 20.8 Å². The molecular weight excluding hydrogens is 228 g/mol. The zero-order valence-electron chi connectivity index (χ0n) is 13.9. The van der Waals surface area contributed by atoms with Crippen LogP contribution in [0, 0.1) is 10.8 Å². The molecule has 3 heteroatoms. The molecule has 0 saturated carbocycles. The molecule has 0 saturated heterocycles. The molecule has 0 amide bonds. The van der Waals surface area contributed by atoms with Crippen LogP contribution in [0.15, 0.2) is 0 Å². The van der Waals surface area contributed by atoms with Crippen LogP contribution >= 0.6 is 0 Å². The highest BCUT2D eigenvalue weighted by Gasteiger charge is 2.27. The second-order valence-electron chi connectivity index (χ2n) is 7.75. The summed E-state index contributed by atoms with van der Waals surface area (Å²) in [7, 11) is 1.73. The zero-order chi connectivity index (χ0) is 15.2. The van der Waals surface area contributed by atoms with E-state index in [1.165, 1.54) is 0 Å². The van der Waals surface area contributed by atoms with Gasteiger partial charge in [0.25, 0.3) is 0 Å². The molecule has 0 unspecified atom stereocenters. The van der Waals surface area contributed by atoms with Gasteiger partial charge in [0, 0.05) is 7.11 Å². The Morgan fingerprint density at radius 3 is 1.33 bits per heavy atom. The Hall–Kier alpha value is -0.570. The number of carbonyl (C=O) groups is 1. The molecule has 0 N–H and O–H groups in total. The largest absolute Gasteiger partial charge is 0.460 e.